The Labute approximate surface area is 308 Å². The number of nitrogens with zero attached hydrogens (tertiary/aromatic N) is 3. The average Bonchev–Trinajstić information content (AvgIpc) is 3.51. The predicted octanol–water partition coefficient (Wildman–Crippen LogP) is 3.30. The van der Waals surface area contributed by atoms with Crippen molar-refractivity contribution in [3.8, 4) is 5.75 Å². The Morgan fingerprint density at radius 2 is 1.92 bits per heavy atom. The zero-order valence-electron chi connectivity index (χ0n) is 29.0. The summed E-state index contributed by atoms with van der Waals surface area (Å²) in [6.45, 7) is 1.77. The topological polar surface area (TPSA) is 179 Å². The molecule has 5 heterocycles. The first-order valence-electron chi connectivity index (χ1n) is 16.7. The van der Waals surface area contributed by atoms with Crippen LogP contribution in [0.5, 0.6) is 5.75 Å². The normalized spacial score (nSPS) is 17.5. The molecule has 1 fully saturated rings. The van der Waals surface area contributed by atoms with Crippen LogP contribution in [0, 0.1) is 0 Å². The largest absolute Gasteiger partial charge is 0.505 e. The third-order valence-electron chi connectivity index (χ3n) is 9.04. The van der Waals surface area contributed by atoms with Crippen molar-refractivity contribution >= 4 is 46.4 Å². The SMILES string of the molecule is CNC(NNC1=C(C(=O)NCC=O)C2(CCN(C(=O)c3nc4cccnc4cc3O)CC2)OC1)C1=CCOCC1.CNc1ccc(C(F)(F)F)cc1Cl. The van der Waals surface area contributed by atoms with E-state index in [4.69, 9.17) is 21.1 Å². The van der Waals surface area contributed by atoms with Gasteiger partial charge in [-0.25, -0.2) is 10.4 Å². The van der Waals surface area contributed by atoms with Gasteiger partial charge in [-0.2, -0.15) is 13.2 Å². The molecule has 6 N–H and O–H groups in total. The van der Waals surface area contributed by atoms with Crippen LogP contribution in [-0.2, 0) is 25.2 Å². The molecule has 3 aliphatic heterocycles. The first kappa shape index (κ1) is 39.4. The van der Waals surface area contributed by atoms with E-state index in [0.29, 0.717) is 60.3 Å². The van der Waals surface area contributed by atoms with Gasteiger partial charge in [0.2, 0.25) is 0 Å². The Bertz CT molecular complexity index is 1880. The molecule has 0 aliphatic carbocycles. The second-order valence-corrected chi connectivity index (χ2v) is 12.6. The number of likely N-dealkylation sites (N-methyl/N-ethyl adjacent to an activating group) is 1. The first-order valence-corrected chi connectivity index (χ1v) is 17.1. The molecular formula is C35H40ClF3N8O6. The van der Waals surface area contributed by atoms with Crippen LogP contribution >= 0.6 is 11.6 Å². The Morgan fingerprint density at radius 1 is 1.15 bits per heavy atom. The van der Waals surface area contributed by atoms with Gasteiger partial charge in [-0.1, -0.05) is 17.7 Å². The molecular weight excluding hydrogens is 721 g/mol. The van der Waals surface area contributed by atoms with E-state index >= 15 is 0 Å². The highest BCUT2D eigenvalue weighted by molar-refractivity contribution is 6.33. The molecule has 18 heteroatoms. The van der Waals surface area contributed by atoms with Crippen LogP contribution in [0.2, 0.25) is 5.02 Å². The van der Waals surface area contributed by atoms with Crippen molar-refractivity contribution < 1.29 is 42.1 Å². The Kier molecular flexibility index (Phi) is 12.9. The number of halogens is 4. The number of rotatable bonds is 10. The van der Waals surface area contributed by atoms with Gasteiger partial charge >= 0.3 is 6.18 Å². The molecule has 1 saturated heterocycles. The summed E-state index contributed by atoms with van der Waals surface area (Å²) < 4.78 is 48.0. The van der Waals surface area contributed by atoms with Gasteiger partial charge in [-0.05, 0) is 62.2 Å². The fraction of sp³-hybridized carbons (Fsp3) is 0.400. The molecule has 6 rings (SSSR count). The number of amides is 2. The lowest BCUT2D eigenvalue weighted by atomic mass is 9.83. The van der Waals surface area contributed by atoms with Crippen molar-refractivity contribution in [2.45, 2.75) is 37.2 Å². The van der Waals surface area contributed by atoms with Crippen LogP contribution in [-0.4, -0.2) is 103 Å². The molecule has 2 aromatic heterocycles. The Hall–Kier alpha value is -4.81. The molecule has 0 saturated carbocycles. The molecule has 0 bridgehead atoms. The van der Waals surface area contributed by atoms with Crippen molar-refractivity contribution in [2.75, 3.05) is 58.9 Å². The highest BCUT2D eigenvalue weighted by atomic mass is 35.5. The van der Waals surface area contributed by atoms with Gasteiger partial charge in [0.1, 0.15) is 17.6 Å². The molecule has 1 aromatic carbocycles. The molecule has 2 amide bonds. The summed E-state index contributed by atoms with van der Waals surface area (Å²) in [5, 5.41) is 19.1. The van der Waals surface area contributed by atoms with Crippen LogP contribution in [0.15, 0.2) is 65.5 Å². The van der Waals surface area contributed by atoms with Crippen molar-refractivity contribution in [2.24, 2.45) is 0 Å². The second kappa shape index (κ2) is 17.3. The van der Waals surface area contributed by atoms with E-state index in [2.05, 4.69) is 36.8 Å². The number of benzene rings is 1. The third-order valence-corrected chi connectivity index (χ3v) is 9.35. The van der Waals surface area contributed by atoms with Gasteiger partial charge in [0, 0.05) is 32.4 Å². The van der Waals surface area contributed by atoms with Crippen molar-refractivity contribution in [1.82, 2.24) is 36.4 Å². The van der Waals surface area contributed by atoms with Gasteiger partial charge in [0.15, 0.2) is 5.69 Å². The smallest absolute Gasteiger partial charge is 0.416 e. The maximum atomic E-state index is 13.3. The summed E-state index contributed by atoms with van der Waals surface area (Å²) >= 11 is 5.57. The zero-order chi connectivity index (χ0) is 38.2. The summed E-state index contributed by atoms with van der Waals surface area (Å²) in [5.74, 6) is -1.05. The zero-order valence-corrected chi connectivity index (χ0v) is 29.7. The van der Waals surface area contributed by atoms with Crippen molar-refractivity contribution in [3.63, 3.8) is 0 Å². The average molecular weight is 761 g/mol. The first-order chi connectivity index (χ1) is 25.4. The van der Waals surface area contributed by atoms with E-state index < -0.39 is 29.2 Å². The maximum Gasteiger partial charge on any atom is 0.416 e. The van der Waals surface area contributed by atoms with Gasteiger partial charge in [-0.3, -0.25) is 14.6 Å². The number of hydrogen-bond acceptors (Lipinski definition) is 12. The van der Waals surface area contributed by atoms with Crippen molar-refractivity contribution in [1.29, 1.82) is 0 Å². The number of aldehydes is 1. The van der Waals surface area contributed by atoms with Gasteiger partial charge in [0.25, 0.3) is 11.8 Å². The number of anilines is 1. The number of alkyl halides is 3. The number of piperidine rings is 1. The van der Waals surface area contributed by atoms with E-state index in [1.54, 1.807) is 30.3 Å². The lowest BCUT2D eigenvalue weighted by molar-refractivity contribution is -0.137. The summed E-state index contributed by atoms with van der Waals surface area (Å²) in [6, 6.07) is 8.05. The number of likely N-dealkylation sites (tertiary alicyclic amines) is 1. The minimum atomic E-state index is -4.34. The fourth-order valence-corrected chi connectivity index (χ4v) is 6.54. The minimum absolute atomic E-state index is 0.0460. The van der Waals surface area contributed by atoms with Gasteiger partial charge < -0.3 is 45.7 Å². The lowest BCUT2D eigenvalue weighted by Crippen LogP contribution is -2.51. The number of carbonyl (C=O) groups excluding carboxylic acids is 3. The van der Waals surface area contributed by atoms with Crippen molar-refractivity contribution in [3.05, 3.63) is 81.8 Å². The molecule has 3 aliphatic rings. The highest BCUT2D eigenvalue weighted by Crippen LogP contribution is 2.40. The number of hydrazine groups is 1. The quantitative estimate of drug-likeness (QED) is 0.0771. The highest BCUT2D eigenvalue weighted by Gasteiger charge is 2.48. The summed E-state index contributed by atoms with van der Waals surface area (Å²) in [4.78, 5) is 47.6. The van der Waals surface area contributed by atoms with Crippen LogP contribution in [0.25, 0.3) is 11.0 Å². The molecule has 3 aromatic rings. The van der Waals surface area contributed by atoms with E-state index in [0.717, 1.165) is 24.1 Å². The summed E-state index contributed by atoms with van der Waals surface area (Å²) in [5.41, 5.74) is 8.27. The van der Waals surface area contributed by atoms with Gasteiger partial charge in [0.05, 0.1) is 71.1 Å². The molecule has 284 valence electrons. The molecule has 0 radical (unpaired) electrons. The number of pyridine rings is 2. The summed E-state index contributed by atoms with van der Waals surface area (Å²) in [7, 11) is 3.42. The molecule has 1 unspecified atom stereocenters. The number of fused-ring (bicyclic) bond motifs is 1. The monoisotopic (exact) mass is 760 g/mol. The fourth-order valence-electron chi connectivity index (χ4n) is 6.27. The number of hydrogen-bond donors (Lipinski definition) is 6. The second-order valence-electron chi connectivity index (χ2n) is 12.2. The number of aromatic nitrogens is 2. The van der Waals surface area contributed by atoms with Gasteiger partial charge in [-0.15, -0.1) is 0 Å². The van der Waals surface area contributed by atoms with E-state index in [9.17, 15) is 32.7 Å². The standard InChI is InChI=1S/C27H33N7O6.C8H7ClF3N/c1-28-24(17-4-13-39-14-5-17)33-32-20-16-40-27(22(20)25(37)30-9-12-35)6-10-34(11-7-27)26(38)23-21(36)15-19-18(31-23)3-2-8-29-19;1-13-7-3-2-5(4-6(7)9)8(10,11)12/h2-4,8,12,15,24,28,32-33,36H,5-7,9-11,13-14,16H2,1H3,(H,30,37);2-4,13H,1H3. The Morgan fingerprint density at radius 3 is 2.57 bits per heavy atom. The molecule has 14 nitrogen and oxygen atoms in total. The number of carbonyl (C=O) groups is 3. The minimum Gasteiger partial charge on any atom is -0.505 e. The summed E-state index contributed by atoms with van der Waals surface area (Å²) in [6.07, 6.45) is 1.17. The molecule has 1 spiro atoms. The van der Waals surface area contributed by atoms with Crippen LogP contribution in [0.1, 0.15) is 35.3 Å². The van der Waals surface area contributed by atoms with Crippen LogP contribution in [0.3, 0.4) is 0 Å². The number of ether oxygens (including phenoxy) is 2. The van der Waals surface area contributed by atoms with E-state index in [1.807, 2.05) is 13.1 Å². The number of nitrogens with one attached hydrogen (secondary N) is 5. The van der Waals surface area contributed by atoms with E-state index in [1.165, 1.54) is 12.1 Å². The Balaban J connectivity index is 0.000000352. The van der Waals surface area contributed by atoms with Crippen LogP contribution in [0.4, 0.5) is 18.9 Å². The maximum absolute atomic E-state index is 13.3. The lowest BCUT2D eigenvalue weighted by Gasteiger charge is -2.39. The van der Waals surface area contributed by atoms with Crippen LogP contribution < -0.4 is 26.8 Å². The van der Waals surface area contributed by atoms with E-state index in [-0.39, 0.29) is 48.9 Å². The third kappa shape index (κ3) is 9.23. The molecule has 1 atom stereocenters. The number of aromatic hydroxyl groups is 1. The molecule has 53 heavy (non-hydrogen) atoms. The predicted molar refractivity (Wildman–Crippen MR) is 190 cm³/mol.